The van der Waals surface area contributed by atoms with Crippen LogP contribution in [0.1, 0.15) is 15.9 Å². The van der Waals surface area contributed by atoms with Gasteiger partial charge in [0.1, 0.15) is 6.17 Å². The Morgan fingerprint density at radius 2 is 1.74 bits per heavy atom. The van der Waals surface area contributed by atoms with Crippen LogP contribution in [0.3, 0.4) is 0 Å². The molecule has 0 bridgehead atoms. The fraction of sp³-hybridized carbons (Fsp3) is 0.176. The van der Waals surface area contributed by atoms with Crippen LogP contribution < -0.4 is 16.0 Å². The first-order chi connectivity index (χ1) is 12.6. The third-order valence-corrected chi connectivity index (χ3v) is 4.88. The van der Waals surface area contributed by atoms with Crippen molar-refractivity contribution in [2.24, 2.45) is 0 Å². The number of alkyl halides is 3. The van der Waals surface area contributed by atoms with Crippen molar-refractivity contribution >= 4 is 86.9 Å². The molecule has 0 spiro atoms. The van der Waals surface area contributed by atoms with Gasteiger partial charge in [0, 0.05) is 10.6 Å². The lowest BCUT2D eigenvalue weighted by molar-refractivity contribution is 0.0934. The molecule has 0 saturated carbocycles. The molecule has 0 aliphatic heterocycles. The van der Waals surface area contributed by atoms with Crippen molar-refractivity contribution in [3.05, 3.63) is 63.6 Å². The molecule has 10 heteroatoms. The summed E-state index contributed by atoms with van der Waals surface area (Å²) in [6, 6.07) is 11.9. The number of aryl methyl sites for hydroxylation is 1. The summed E-state index contributed by atoms with van der Waals surface area (Å²) < 4.78 is -1.87. The van der Waals surface area contributed by atoms with Crippen LogP contribution in [0.25, 0.3) is 0 Å². The van der Waals surface area contributed by atoms with E-state index in [1.54, 1.807) is 43.3 Å². The second kappa shape index (κ2) is 9.50. The Labute approximate surface area is 187 Å². The van der Waals surface area contributed by atoms with Crippen molar-refractivity contribution in [3.63, 3.8) is 0 Å². The molecular weight excluding hydrogens is 472 g/mol. The van der Waals surface area contributed by atoms with E-state index >= 15 is 0 Å². The third-order valence-electron chi connectivity index (χ3n) is 3.44. The number of carbonyl (C=O) groups is 1. The van der Waals surface area contributed by atoms with E-state index in [4.69, 9.17) is 70.2 Å². The molecule has 0 heterocycles. The summed E-state index contributed by atoms with van der Waals surface area (Å²) in [6.45, 7) is 1.81. The summed E-state index contributed by atoms with van der Waals surface area (Å²) >= 11 is 35.2. The van der Waals surface area contributed by atoms with Crippen molar-refractivity contribution in [1.29, 1.82) is 0 Å². The SMILES string of the molecule is Cc1ccccc1C(=O)NC(NC(=S)Nc1cc(Cl)ccc1Cl)C(Cl)(Cl)Cl. The molecule has 1 amide bonds. The fourth-order valence-electron chi connectivity index (χ4n) is 2.12. The number of hydrogen-bond donors (Lipinski definition) is 3. The van der Waals surface area contributed by atoms with Gasteiger partial charge in [-0.05, 0) is 49.0 Å². The minimum atomic E-state index is -1.87. The molecule has 3 N–H and O–H groups in total. The van der Waals surface area contributed by atoms with Gasteiger partial charge in [-0.25, -0.2) is 0 Å². The van der Waals surface area contributed by atoms with Crippen LogP contribution in [0, 0.1) is 6.92 Å². The van der Waals surface area contributed by atoms with Gasteiger partial charge >= 0.3 is 0 Å². The second-order valence-electron chi connectivity index (χ2n) is 5.49. The Hall–Kier alpha value is -0.950. The van der Waals surface area contributed by atoms with Crippen molar-refractivity contribution in [1.82, 2.24) is 10.6 Å². The molecule has 0 aromatic heterocycles. The van der Waals surface area contributed by atoms with Crippen LogP contribution in [0.5, 0.6) is 0 Å². The molecule has 0 radical (unpaired) electrons. The minimum Gasteiger partial charge on any atom is -0.339 e. The topological polar surface area (TPSA) is 53.2 Å². The summed E-state index contributed by atoms with van der Waals surface area (Å²) in [5.41, 5.74) is 1.70. The van der Waals surface area contributed by atoms with E-state index in [1.807, 2.05) is 6.07 Å². The van der Waals surface area contributed by atoms with Gasteiger partial charge in [-0.3, -0.25) is 4.79 Å². The monoisotopic (exact) mass is 483 g/mol. The molecule has 0 aliphatic rings. The standard InChI is InChI=1S/C17H14Cl5N3OS/c1-9-4-2-3-5-11(9)14(26)24-15(17(20,21)22)25-16(27)23-13-8-10(18)6-7-12(13)19/h2-8,15H,1H3,(H,24,26)(H2,23,25,27). The number of anilines is 1. The summed E-state index contributed by atoms with van der Waals surface area (Å²) in [6.07, 6.45) is -1.10. The lowest BCUT2D eigenvalue weighted by atomic mass is 10.1. The number of halogens is 5. The van der Waals surface area contributed by atoms with Crippen LogP contribution in [0.4, 0.5) is 5.69 Å². The molecule has 1 atom stereocenters. The smallest absolute Gasteiger partial charge is 0.253 e. The van der Waals surface area contributed by atoms with E-state index in [9.17, 15) is 4.79 Å². The molecule has 0 saturated heterocycles. The van der Waals surface area contributed by atoms with Gasteiger partial charge in [0.15, 0.2) is 5.11 Å². The summed E-state index contributed by atoms with van der Waals surface area (Å²) in [7, 11) is 0. The van der Waals surface area contributed by atoms with E-state index < -0.39 is 15.9 Å². The molecule has 27 heavy (non-hydrogen) atoms. The molecule has 2 rings (SSSR count). The molecule has 0 fully saturated rings. The van der Waals surface area contributed by atoms with Crippen molar-refractivity contribution in [3.8, 4) is 0 Å². The van der Waals surface area contributed by atoms with Crippen LogP contribution in [0.15, 0.2) is 42.5 Å². The zero-order chi connectivity index (χ0) is 20.2. The van der Waals surface area contributed by atoms with E-state index in [0.717, 1.165) is 5.56 Å². The maximum absolute atomic E-state index is 12.5. The quantitative estimate of drug-likeness (QED) is 0.295. The zero-order valence-corrected chi connectivity index (χ0v) is 18.4. The largest absolute Gasteiger partial charge is 0.339 e. The first-order valence-electron chi connectivity index (χ1n) is 7.53. The van der Waals surface area contributed by atoms with Gasteiger partial charge in [0.25, 0.3) is 5.91 Å². The van der Waals surface area contributed by atoms with E-state index in [0.29, 0.717) is 21.3 Å². The first-order valence-corrected chi connectivity index (χ1v) is 9.83. The van der Waals surface area contributed by atoms with E-state index in [2.05, 4.69) is 16.0 Å². The predicted molar refractivity (Wildman–Crippen MR) is 119 cm³/mol. The molecule has 144 valence electrons. The molecule has 1 unspecified atom stereocenters. The molecule has 2 aromatic rings. The fourth-order valence-corrected chi connectivity index (χ4v) is 3.01. The predicted octanol–water partition coefficient (Wildman–Crippen LogP) is 5.71. The third kappa shape index (κ3) is 6.56. The number of rotatable bonds is 4. The lowest BCUT2D eigenvalue weighted by Crippen LogP contribution is -2.56. The number of benzene rings is 2. The Morgan fingerprint density at radius 3 is 2.37 bits per heavy atom. The normalized spacial score (nSPS) is 12.2. The highest BCUT2D eigenvalue weighted by Gasteiger charge is 2.35. The second-order valence-corrected chi connectivity index (χ2v) is 9.11. The number of amides is 1. The number of carbonyl (C=O) groups excluding carboxylic acids is 1. The summed E-state index contributed by atoms with van der Waals surface area (Å²) in [4.78, 5) is 12.5. The van der Waals surface area contributed by atoms with Gasteiger partial charge < -0.3 is 16.0 Å². The van der Waals surface area contributed by atoms with Crippen LogP contribution >= 0.6 is 70.2 Å². The number of nitrogens with one attached hydrogen (secondary N) is 3. The highest BCUT2D eigenvalue weighted by molar-refractivity contribution is 7.80. The summed E-state index contributed by atoms with van der Waals surface area (Å²) in [5.74, 6) is -0.416. The molecule has 4 nitrogen and oxygen atoms in total. The molecular formula is C17H14Cl5N3OS. The van der Waals surface area contributed by atoms with Gasteiger partial charge in [0.05, 0.1) is 10.7 Å². The molecule has 2 aromatic carbocycles. The Bertz CT molecular complexity index is 857. The van der Waals surface area contributed by atoms with E-state index in [1.165, 1.54) is 0 Å². The number of thiocarbonyl (C=S) groups is 1. The Kier molecular flexibility index (Phi) is 7.86. The maximum atomic E-state index is 12.5. The average Bonchev–Trinajstić information content (AvgIpc) is 2.57. The zero-order valence-electron chi connectivity index (χ0n) is 13.8. The van der Waals surface area contributed by atoms with Crippen molar-refractivity contribution in [2.75, 3.05) is 5.32 Å². The van der Waals surface area contributed by atoms with Crippen LogP contribution in [-0.4, -0.2) is 21.0 Å². The number of hydrogen-bond acceptors (Lipinski definition) is 2. The maximum Gasteiger partial charge on any atom is 0.253 e. The van der Waals surface area contributed by atoms with Gasteiger partial charge in [-0.2, -0.15) is 0 Å². The van der Waals surface area contributed by atoms with E-state index in [-0.39, 0.29) is 5.11 Å². The Morgan fingerprint density at radius 1 is 1.07 bits per heavy atom. The first kappa shape index (κ1) is 22.3. The minimum absolute atomic E-state index is 0.0839. The summed E-state index contributed by atoms with van der Waals surface area (Å²) in [5, 5.41) is 9.19. The van der Waals surface area contributed by atoms with Gasteiger partial charge in [-0.15, -0.1) is 0 Å². The lowest BCUT2D eigenvalue weighted by Gasteiger charge is -2.28. The highest BCUT2D eigenvalue weighted by Crippen LogP contribution is 2.30. The average molecular weight is 486 g/mol. The Balaban J connectivity index is 2.12. The van der Waals surface area contributed by atoms with Crippen molar-refractivity contribution < 1.29 is 4.79 Å². The van der Waals surface area contributed by atoms with Crippen molar-refractivity contribution in [2.45, 2.75) is 16.9 Å². The molecule has 0 aliphatic carbocycles. The van der Waals surface area contributed by atoms with Crippen LogP contribution in [-0.2, 0) is 0 Å². The van der Waals surface area contributed by atoms with Crippen LogP contribution in [0.2, 0.25) is 10.0 Å². The highest BCUT2D eigenvalue weighted by atomic mass is 35.6. The van der Waals surface area contributed by atoms with Gasteiger partial charge in [0.2, 0.25) is 3.79 Å². The van der Waals surface area contributed by atoms with Gasteiger partial charge in [-0.1, -0.05) is 76.2 Å².